The molecule has 0 saturated carbocycles. The van der Waals surface area contributed by atoms with E-state index in [1.807, 2.05) is 42.5 Å². The number of methoxy groups -OCH3 is 1. The first-order valence-electron chi connectivity index (χ1n) is 12.1. The molecule has 190 valence electrons. The average Bonchev–Trinajstić information content (AvgIpc) is 3.00. The standard InChI is InChI=1S/C26H32F3N3O3/c1-19(17-26(27,28)29)30-13-10-25(11-14-30)23(33)31(24(34)32(25)12-5-15-35-2)18-20-8-9-21-6-3-4-7-22(21)16-20/h3-4,6-9,16,19H,5,10-15,17-18H2,1-2H3. The van der Waals surface area contributed by atoms with Gasteiger partial charge in [-0.1, -0.05) is 36.4 Å². The molecule has 2 heterocycles. The van der Waals surface area contributed by atoms with E-state index in [9.17, 15) is 22.8 Å². The Balaban J connectivity index is 1.54. The maximum atomic E-state index is 13.7. The molecule has 3 amide bonds. The van der Waals surface area contributed by atoms with E-state index >= 15 is 0 Å². The number of rotatable bonds is 8. The molecule has 0 aliphatic carbocycles. The number of carbonyl (C=O) groups is 2. The second-order valence-corrected chi connectivity index (χ2v) is 9.59. The smallest absolute Gasteiger partial charge is 0.385 e. The molecule has 0 aromatic heterocycles. The summed E-state index contributed by atoms with van der Waals surface area (Å²) in [6, 6.07) is 12.8. The number of hydrogen-bond donors (Lipinski definition) is 0. The molecular weight excluding hydrogens is 459 g/mol. The summed E-state index contributed by atoms with van der Waals surface area (Å²) in [6.07, 6.45) is -3.91. The average molecular weight is 492 g/mol. The van der Waals surface area contributed by atoms with E-state index in [0.717, 1.165) is 16.3 Å². The number of nitrogens with zero attached hydrogens (tertiary/aromatic N) is 3. The van der Waals surface area contributed by atoms with E-state index in [1.165, 1.54) is 4.90 Å². The van der Waals surface area contributed by atoms with Crippen LogP contribution in [0.1, 0.15) is 38.2 Å². The molecule has 1 unspecified atom stereocenters. The van der Waals surface area contributed by atoms with Crippen LogP contribution in [0.4, 0.5) is 18.0 Å². The zero-order valence-corrected chi connectivity index (χ0v) is 20.2. The summed E-state index contributed by atoms with van der Waals surface area (Å²) < 4.78 is 43.9. The highest BCUT2D eigenvalue weighted by Crippen LogP contribution is 2.39. The Morgan fingerprint density at radius 2 is 1.74 bits per heavy atom. The third kappa shape index (κ3) is 5.30. The van der Waals surface area contributed by atoms with Crippen molar-refractivity contribution < 1.29 is 27.5 Å². The third-order valence-electron chi connectivity index (χ3n) is 7.28. The molecule has 6 nitrogen and oxygen atoms in total. The number of halogens is 3. The topological polar surface area (TPSA) is 53.1 Å². The van der Waals surface area contributed by atoms with Crippen LogP contribution in [0.2, 0.25) is 0 Å². The van der Waals surface area contributed by atoms with Crippen LogP contribution in [0.3, 0.4) is 0 Å². The Kier molecular flexibility index (Phi) is 7.38. The van der Waals surface area contributed by atoms with Crippen LogP contribution in [0.5, 0.6) is 0 Å². The molecule has 1 atom stereocenters. The fourth-order valence-electron chi connectivity index (χ4n) is 5.40. The van der Waals surface area contributed by atoms with Gasteiger partial charge in [-0.25, -0.2) is 4.79 Å². The molecular formula is C26H32F3N3O3. The van der Waals surface area contributed by atoms with Gasteiger partial charge in [0.05, 0.1) is 13.0 Å². The third-order valence-corrected chi connectivity index (χ3v) is 7.28. The molecule has 35 heavy (non-hydrogen) atoms. The van der Waals surface area contributed by atoms with Crippen molar-refractivity contribution in [3.63, 3.8) is 0 Å². The Hall–Kier alpha value is -2.65. The van der Waals surface area contributed by atoms with Crippen molar-refractivity contribution >= 4 is 22.7 Å². The van der Waals surface area contributed by atoms with Gasteiger partial charge < -0.3 is 14.5 Å². The minimum absolute atomic E-state index is 0.166. The Labute approximate surface area is 203 Å². The summed E-state index contributed by atoms with van der Waals surface area (Å²) >= 11 is 0. The number of amides is 3. The van der Waals surface area contributed by atoms with Crippen LogP contribution in [0.25, 0.3) is 10.8 Å². The highest BCUT2D eigenvalue weighted by molar-refractivity contribution is 6.07. The first-order chi connectivity index (χ1) is 16.6. The molecule has 0 N–H and O–H groups in total. The number of carbonyl (C=O) groups excluding carboxylic acids is 2. The normalized spacial score (nSPS) is 19.8. The number of ether oxygens (including phenoxy) is 1. The van der Waals surface area contributed by atoms with Gasteiger partial charge >= 0.3 is 12.2 Å². The highest BCUT2D eigenvalue weighted by Gasteiger charge is 2.57. The molecule has 2 aromatic rings. The lowest BCUT2D eigenvalue weighted by Gasteiger charge is -2.44. The first kappa shape index (κ1) is 25.4. The van der Waals surface area contributed by atoms with Gasteiger partial charge in [0.25, 0.3) is 5.91 Å². The molecule has 2 aromatic carbocycles. The predicted molar refractivity (Wildman–Crippen MR) is 127 cm³/mol. The first-order valence-corrected chi connectivity index (χ1v) is 12.1. The van der Waals surface area contributed by atoms with E-state index < -0.39 is 24.2 Å². The monoisotopic (exact) mass is 491 g/mol. The molecule has 2 aliphatic rings. The van der Waals surface area contributed by atoms with Crippen LogP contribution in [-0.4, -0.2) is 77.7 Å². The van der Waals surface area contributed by atoms with E-state index in [-0.39, 0.29) is 18.5 Å². The fourth-order valence-corrected chi connectivity index (χ4v) is 5.40. The zero-order chi connectivity index (χ0) is 25.2. The summed E-state index contributed by atoms with van der Waals surface area (Å²) in [5.74, 6) is -0.254. The van der Waals surface area contributed by atoms with Crippen molar-refractivity contribution in [3.8, 4) is 0 Å². The zero-order valence-electron chi connectivity index (χ0n) is 20.2. The number of likely N-dealkylation sites (tertiary alicyclic amines) is 1. The lowest BCUT2D eigenvalue weighted by Crippen LogP contribution is -2.58. The van der Waals surface area contributed by atoms with Gasteiger partial charge in [0, 0.05) is 39.4 Å². The van der Waals surface area contributed by atoms with E-state index in [1.54, 1.807) is 23.8 Å². The summed E-state index contributed by atoms with van der Waals surface area (Å²) in [4.78, 5) is 32.0. The number of hydrogen-bond acceptors (Lipinski definition) is 4. The van der Waals surface area contributed by atoms with E-state index in [4.69, 9.17) is 4.74 Å². The maximum Gasteiger partial charge on any atom is 0.390 e. The Morgan fingerprint density at radius 3 is 2.40 bits per heavy atom. The van der Waals surface area contributed by atoms with Gasteiger partial charge in [0.15, 0.2) is 0 Å². The van der Waals surface area contributed by atoms with Gasteiger partial charge in [-0.2, -0.15) is 13.2 Å². The lowest BCUT2D eigenvalue weighted by molar-refractivity contribution is -0.150. The summed E-state index contributed by atoms with van der Waals surface area (Å²) in [5, 5.41) is 2.11. The Bertz CT molecular complexity index is 1070. The van der Waals surface area contributed by atoms with Crippen LogP contribution < -0.4 is 0 Å². The number of benzene rings is 2. The minimum atomic E-state index is -4.24. The largest absolute Gasteiger partial charge is 0.390 e. The minimum Gasteiger partial charge on any atom is -0.385 e. The quantitative estimate of drug-likeness (QED) is 0.393. The molecule has 2 saturated heterocycles. The molecule has 4 rings (SSSR count). The van der Waals surface area contributed by atoms with Crippen molar-refractivity contribution in [1.29, 1.82) is 0 Å². The highest BCUT2D eigenvalue weighted by atomic mass is 19.4. The number of imide groups is 1. The van der Waals surface area contributed by atoms with Gasteiger partial charge in [0.1, 0.15) is 5.54 Å². The molecule has 0 radical (unpaired) electrons. The van der Waals surface area contributed by atoms with Gasteiger partial charge in [-0.3, -0.25) is 9.69 Å². The van der Waals surface area contributed by atoms with E-state index in [2.05, 4.69) is 0 Å². The van der Waals surface area contributed by atoms with Crippen molar-refractivity contribution in [2.45, 2.75) is 56.9 Å². The van der Waals surface area contributed by atoms with Crippen molar-refractivity contribution in [2.75, 3.05) is 33.4 Å². The number of piperidine rings is 1. The second-order valence-electron chi connectivity index (χ2n) is 9.59. The molecule has 0 bridgehead atoms. The fraction of sp³-hybridized carbons (Fsp3) is 0.538. The SMILES string of the molecule is COCCCN1C(=O)N(Cc2ccc3ccccc3c2)C(=O)C12CCN(C(C)CC(F)(F)F)CC2. The number of fused-ring (bicyclic) bond motifs is 1. The van der Waals surface area contributed by atoms with Crippen LogP contribution in [0, 0.1) is 0 Å². The van der Waals surface area contributed by atoms with Crippen molar-refractivity contribution in [1.82, 2.24) is 14.7 Å². The lowest BCUT2D eigenvalue weighted by atomic mass is 9.85. The van der Waals surface area contributed by atoms with Crippen LogP contribution in [0.15, 0.2) is 42.5 Å². The molecule has 1 spiro atoms. The summed E-state index contributed by atoms with van der Waals surface area (Å²) in [6.45, 7) is 3.22. The van der Waals surface area contributed by atoms with E-state index in [0.29, 0.717) is 45.5 Å². The van der Waals surface area contributed by atoms with Gasteiger partial charge in [-0.15, -0.1) is 0 Å². The molecule has 2 aliphatic heterocycles. The van der Waals surface area contributed by atoms with Crippen LogP contribution >= 0.6 is 0 Å². The van der Waals surface area contributed by atoms with Gasteiger partial charge in [0.2, 0.25) is 0 Å². The molecule has 2 fully saturated rings. The number of urea groups is 1. The second kappa shape index (κ2) is 10.1. The predicted octanol–water partition coefficient (Wildman–Crippen LogP) is 4.82. The Morgan fingerprint density at radius 1 is 1.06 bits per heavy atom. The van der Waals surface area contributed by atoms with Crippen LogP contribution in [-0.2, 0) is 16.1 Å². The summed E-state index contributed by atoms with van der Waals surface area (Å²) in [7, 11) is 1.58. The maximum absolute atomic E-state index is 13.7. The summed E-state index contributed by atoms with van der Waals surface area (Å²) in [5.41, 5.74) is -0.161. The number of alkyl halides is 3. The molecule has 9 heteroatoms. The van der Waals surface area contributed by atoms with Crippen molar-refractivity contribution in [3.05, 3.63) is 48.0 Å². The van der Waals surface area contributed by atoms with Crippen molar-refractivity contribution in [2.24, 2.45) is 0 Å². The van der Waals surface area contributed by atoms with Gasteiger partial charge in [-0.05, 0) is 48.6 Å².